The van der Waals surface area contributed by atoms with E-state index in [4.69, 9.17) is 0 Å². The number of carbonyl (C=O) groups is 2. The highest BCUT2D eigenvalue weighted by Gasteiger charge is 2.17. The van der Waals surface area contributed by atoms with Crippen molar-refractivity contribution in [2.75, 3.05) is 10.6 Å². The molecule has 0 unspecified atom stereocenters. The molecule has 2 rings (SSSR count). The summed E-state index contributed by atoms with van der Waals surface area (Å²) in [7, 11) is 0. The summed E-state index contributed by atoms with van der Waals surface area (Å²) in [5.74, 6) is -1.33. The molecule has 0 aliphatic heterocycles. The lowest BCUT2D eigenvalue weighted by atomic mass is 10.1. The highest BCUT2D eigenvalue weighted by Crippen LogP contribution is 2.21. The third-order valence-corrected chi connectivity index (χ3v) is 3.65. The topological polar surface area (TPSA) is 58.2 Å². The molecular weight excluding hydrogens is 276 g/mol. The van der Waals surface area contributed by atoms with Gasteiger partial charge in [0.15, 0.2) is 0 Å². The van der Waals surface area contributed by atoms with Crippen molar-refractivity contribution < 1.29 is 9.59 Å². The second-order valence-corrected chi connectivity index (χ2v) is 5.44. The summed E-state index contributed by atoms with van der Waals surface area (Å²) in [6, 6.07) is 11.4. The van der Waals surface area contributed by atoms with Gasteiger partial charge in [0.1, 0.15) is 0 Å². The zero-order valence-electron chi connectivity index (χ0n) is 13.3. The summed E-state index contributed by atoms with van der Waals surface area (Å²) >= 11 is 0. The van der Waals surface area contributed by atoms with Gasteiger partial charge in [-0.15, -0.1) is 0 Å². The van der Waals surface area contributed by atoms with Gasteiger partial charge in [0.05, 0.1) is 0 Å². The van der Waals surface area contributed by atoms with Gasteiger partial charge in [-0.2, -0.15) is 0 Å². The number of hydrogen-bond donors (Lipinski definition) is 2. The molecule has 2 aromatic carbocycles. The summed E-state index contributed by atoms with van der Waals surface area (Å²) in [6.07, 6.45) is 0. The van der Waals surface area contributed by atoms with Gasteiger partial charge in [-0.05, 0) is 49.9 Å². The maximum Gasteiger partial charge on any atom is 0.314 e. The average Bonchev–Trinajstić information content (AvgIpc) is 2.46. The minimum Gasteiger partial charge on any atom is -0.317 e. The summed E-state index contributed by atoms with van der Waals surface area (Å²) in [6.45, 7) is 7.58. The van der Waals surface area contributed by atoms with E-state index in [-0.39, 0.29) is 0 Å². The second-order valence-electron chi connectivity index (χ2n) is 5.44. The number of anilines is 2. The van der Waals surface area contributed by atoms with Gasteiger partial charge in [0, 0.05) is 11.4 Å². The molecule has 0 aromatic heterocycles. The van der Waals surface area contributed by atoms with Crippen LogP contribution in [0.25, 0.3) is 0 Å². The van der Waals surface area contributed by atoms with E-state index >= 15 is 0 Å². The molecule has 0 fully saturated rings. The highest BCUT2D eigenvalue weighted by atomic mass is 16.2. The van der Waals surface area contributed by atoms with Crippen LogP contribution in [0.4, 0.5) is 11.4 Å². The largest absolute Gasteiger partial charge is 0.317 e. The molecule has 2 amide bonds. The average molecular weight is 296 g/mol. The Bertz CT molecular complexity index is 632. The van der Waals surface area contributed by atoms with Gasteiger partial charge < -0.3 is 10.6 Å². The van der Waals surface area contributed by atoms with E-state index < -0.39 is 11.8 Å². The number of nitrogens with one attached hydrogen (secondary N) is 2. The first kappa shape index (κ1) is 15.8. The number of carbonyl (C=O) groups excluding carboxylic acids is 2. The van der Waals surface area contributed by atoms with E-state index in [2.05, 4.69) is 10.6 Å². The number of rotatable bonds is 2. The SMILES string of the molecule is Cc1cccc(C)c1NC(=O)C(=O)Nc1c(C)cccc1C. The zero-order chi connectivity index (χ0) is 16.3. The van der Waals surface area contributed by atoms with E-state index in [1.807, 2.05) is 64.1 Å². The number of aryl methyl sites for hydroxylation is 4. The fraction of sp³-hybridized carbons (Fsp3) is 0.222. The number of para-hydroxylation sites is 2. The number of hydrogen-bond acceptors (Lipinski definition) is 2. The maximum atomic E-state index is 12.1. The van der Waals surface area contributed by atoms with Crippen LogP contribution in [-0.2, 0) is 9.59 Å². The standard InChI is InChI=1S/C18H20N2O2/c1-11-7-5-8-12(2)15(11)19-17(21)18(22)20-16-13(3)9-6-10-14(16)4/h5-10H,1-4H3,(H,19,21)(H,20,22). The monoisotopic (exact) mass is 296 g/mol. The Morgan fingerprint density at radius 1 is 0.636 bits per heavy atom. The van der Waals surface area contributed by atoms with Crippen molar-refractivity contribution in [3.05, 3.63) is 58.7 Å². The summed E-state index contributed by atoms with van der Waals surface area (Å²) < 4.78 is 0. The molecule has 22 heavy (non-hydrogen) atoms. The third-order valence-electron chi connectivity index (χ3n) is 3.65. The molecule has 0 aliphatic carbocycles. The molecular formula is C18H20N2O2. The Hall–Kier alpha value is -2.62. The molecule has 0 saturated carbocycles. The zero-order valence-corrected chi connectivity index (χ0v) is 13.3. The van der Waals surface area contributed by atoms with E-state index in [1.165, 1.54) is 0 Å². The molecule has 0 aliphatic rings. The first-order chi connectivity index (χ1) is 10.4. The van der Waals surface area contributed by atoms with Gasteiger partial charge in [-0.25, -0.2) is 0 Å². The van der Waals surface area contributed by atoms with Gasteiger partial charge in [0.25, 0.3) is 0 Å². The Morgan fingerprint density at radius 2 is 0.909 bits per heavy atom. The van der Waals surface area contributed by atoms with Crippen molar-refractivity contribution in [3.8, 4) is 0 Å². The third kappa shape index (κ3) is 3.34. The molecule has 0 spiro atoms. The van der Waals surface area contributed by atoms with Gasteiger partial charge >= 0.3 is 11.8 Å². The first-order valence-electron chi connectivity index (χ1n) is 7.15. The van der Waals surface area contributed by atoms with Crippen molar-refractivity contribution in [2.45, 2.75) is 27.7 Å². The Kier molecular flexibility index (Phi) is 4.61. The summed E-state index contributed by atoms with van der Waals surface area (Å²) in [5.41, 5.74) is 5.07. The van der Waals surface area contributed by atoms with Crippen LogP contribution in [0.15, 0.2) is 36.4 Å². The van der Waals surface area contributed by atoms with Crippen LogP contribution in [0.3, 0.4) is 0 Å². The maximum absolute atomic E-state index is 12.1. The molecule has 2 N–H and O–H groups in total. The molecule has 0 radical (unpaired) electrons. The van der Waals surface area contributed by atoms with Crippen LogP contribution in [0.1, 0.15) is 22.3 Å². The molecule has 114 valence electrons. The fourth-order valence-corrected chi connectivity index (χ4v) is 2.36. The molecule has 4 nitrogen and oxygen atoms in total. The number of benzene rings is 2. The molecule has 0 heterocycles. The molecule has 0 bridgehead atoms. The Labute approximate surface area is 130 Å². The second kappa shape index (κ2) is 6.43. The van der Waals surface area contributed by atoms with Gasteiger partial charge in [-0.3, -0.25) is 9.59 Å². The van der Waals surface area contributed by atoms with Crippen LogP contribution < -0.4 is 10.6 Å². The van der Waals surface area contributed by atoms with E-state index in [0.29, 0.717) is 11.4 Å². The smallest absolute Gasteiger partial charge is 0.314 e. The van der Waals surface area contributed by atoms with Crippen LogP contribution in [0, 0.1) is 27.7 Å². The lowest BCUT2D eigenvalue weighted by molar-refractivity contribution is -0.133. The van der Waals surface area contributed by atoms with Crippen molar-refractivity contribution in [1.29, 1.82) is 0 Å². The normalized spacial score (nSPS) is 10.2. The highest BCUT2D eigenvalue weighted by molar-refractivity contribution is 6.44. The first-order valence-corrected chi connectivity index (χ1v) is 7.15. The molecule has 4 heteroatoms. The summed E-state index contributed by atoms with van der Waals surface area (Å²) in [5, 5.41) is 5.37. The van der Waals surface area contributed by atoms with Crippen molar-refractivity contribution >= 4 is 23.2 Å². The van der Waals surface area contributed by atoms with E-state index in [9.17, 15) is 9.59 Å². The van der Waals surface area contributed by atoms with Crippen molar-refractivity contribution in [2.24, 2.45) is 0 Å². The van der Waals surface area contributed by atoms with Crippen molar-refractivity contribution in [1.82, 2.24) is 0 Å². The Morgan fingerprint density at radius 3 is 1.18 bits per heavy atom. The number of amides is 2. The fourth-order valence-electron chi connectivity index (χ4n) is 2.36. The van der Waals surface area contributed by atoms with Gasteiger partial charge in [-0.1, -0.05) is 36.4 Å². The van der Waals surface area contributed by atoms with Crippen LogP contribution >= 0.6 is 0 Å². The Balaban J connectivity index is 2.15. The molecule has 0 saturated heterocycles. The summed E-state index contributed by atoms with van der Waals surface area (Å²) in [4.78, 5) is 24.2. The van der Waals surface area contributed by atoms with Crippen LogP contribution in [0.5, 0.6) is 0 Å². The molecule has 0 atom stereocenters. The lowest BCUT2D eigenvalue weighted by Gasteiger charge is -2.13. The van der Waals surface area contributed by atoms with Crippen molar-refractivity contribution in [3.63, 3.8) is 0 Å². The minimum absolute atomic E-state index is 0.667. The molecule has 2 aromatic rings. The quantitative estimate of drug-likeness (QED) is 0.833. The predicted octanol–water partition coefficient (Wildman–Crippen LogP) is 3.50. The van der Waals surface area contributed by atoms with Crippen LogP contribution in [-0.4, -0.2) is 11.8 Å². The lowest BCUT2D eigenvalue weighted by Crippen LogP contribution is -2.30. The van der Waals surface area contributed by atoms with Crippen LogP contribution in [0.2, 0.25) is 0 Å². The van der Waals surface area contributed by atoms with E-state index in [1.54, 1.807) is 0 Å². The predicted molar refractivity (Wildman–Crippen MR) is 89.1 cm³/mol. The van der Waals surface area contributed by atoms with Gasteiger partial charge in [0.2, 0.25) is 0 Å². The minimum atomic E-state index is -0.667. The van der Waals surface area contributed by atoms with E-state index in [0.717, 1.165) is 22.3 Å².